The summed E-state index contributed by atoms with van der Waals surface area (Å²) in [7, 11) is -3.04. The predicted octanol–water partition coefficient (Wildman–Crippen LogP) is 0.693. The van der Waals surface area contributed by atoms with Crippen LogP contribution in [0.25, 0.3) is 0 Å². The molecular weight excluding hydrogens is 284 g/mol. The van der Waals surface area contributed by atoms with Gasteiger partial charge in [-0.3, -0.25) is 0 Å². The first kappa shape index (κ1) is 14.3. The van der Waals surface area contributed by atoms with Crippen LogP contribution in [0.1, 0.15) is 16.8 Å². The molecule has 3 N–H and O–H groups in total. The smallest absolute Gasteiger partial charge is 0.335 e. The van der Waals surface area contributed by atoms with E-state index in [-0.39, 0.29) is 23.1 Å². The minimum absolute atomic E-state index is 0.0433. The Morgan fingerprint density at radius 1 is 1.20 bits per heavy atom. The molecule has 1 fully saturated rings. The molecule has 2 rings (SSSR count). The van der Waals surface area contributed by atoms with Crippen molar-refractivity contribution in [1.82, 2.24) is 5.32 Å². The van der Waals surface area contributed by atoms with Crippen LogP contribution in [0.4, 0.5) is 10.5 Å². The molecule has 1 unspecified atom stereocenters. The number of urea groups is 1. The molecule has 8 heteroatoms. The highest BCUT2D eigenvalue weighted by Crippen LogP contribution is 2.12. The molecule has 20 heavy (non-hydrogen) atoms. The molecule has 0 bridgehead atoms. The minimum Gasteiger partial charge on any atom is -0.478 e. The van der Waals surface area contributed by atoms with Crippen molar-refractivity contribution in [1.29, 1.82) is 0 Å². The van der Waals surface area contributed by atoms with Crippen molar-refractivity contribution in [2.75, 3.05) is 16.8 Å². The Hall–Kier alpha value is -2.09. The molecule has 0 aromatic heterocycles. The molecular formula is C12H14N2O5S. The van der Waals surface area contributed by atoms with Gasteiger partial charge in [0.25, 0.3) is 0 Å². The third kappa shape index (κ3) is 3.70. The van der Waals surface area contributed by atoms with Gasteiger partial charge >= 0.3 is 12.0 Å². The largest absolute Gasteiger partial charge is 0.478 e. The van der Waals surface area contributed by atoms with E-state index in [1.165, 1.54) is 24.3 Å². The summed E-state index contributed by atoms with van der Waals surface area (Å²) >= 11 is 0. The topological polar surface area (TPSA) is 113 Å². The second-order valence-corrected chi connectivity index (χ2v) is 6.81. The number of carbonyl (C=O) groups excluding carboxylic acids is 1. The SMILES string of the molecule is O=C(Nc1ccc(C(=O)O)cc1)NC1CCS(=O)(=O)C1. The lowest BCUT2D eigenvalue weighted by atomic mass is 10.2. The van der Waals surface area contributed by atoms with Crippen LogP contribution in [0.2, 0.25) is 0 Å². The number of carbonyl (C=O) groups is 2. The van der Waals surface area contributed by atoms with Crippen LogP contribution in [-0.2, 0) is 9.84 Å². The summed E-state index contributed by atoms with van der Waals surface area (Å²) in [5.74, 6) is -0.999. The monoisotopic (exact) mass is 298 g/mol. The van der Waals surface area contributed by atoms with Gasteiger partial charge in [-0.05, 0) is 30.7 Å². The number of hydrogen-bond acceptors (Lipinski definition) is 4. The van der Waals surface area contributed by atoms with Crippen LogP contribution in [0.3, 0.4) is 0 Å². The first-order chi connectivity index (χ1) is 9.35. The van der Waals surface area contributed by atoms with Gasteiger partial charge in [-0.2, -0.15) is 0 Å². The van der Waals surface area contributed by atoms with E-state index in [4.69, 9.17) is 5.11 Å². The Morgan fingerprint density at radius 3 is 2.35 bits per heavy atom. The highest BCUT2D eigenvalue weighted by atomic mass is 32.2. The van der Waals surface area contributed by atoms with Gasteiger partial charge in [0.2, 0.25) is 0 Å². The fourth-order valence-electron chi connectivity index (χ4n) is 1.96. The molecule has 1 atom stereocenters. The number of carboxylic acid groups (broad SMARTS) is 1. The van der Waals surface area contributed by atoms with Crippen LogP contribution in [-0.4, -0.2) is 43.1 Å². The fourth-order valence-corrected chi connectivity index (χ4v) is 3.63. The average molecular weight is 298 g/mol. The van der Waals surface area contributed by atoms with E-state index in [0.717, 1.165) is 0 Å². The van der Waals surface area contributed by atoms with E-state index in [1.807, 2.05) is 0 Å². The predicted molar refractivity (Wildman–Crippen MR) is 72.6 cm³/mol. The van der Waals surface area contributed by atoms with Crippen molar-refractivity contribution in [2.45, 2.75) is 12.5 Å². The Balaban J connectivity index is 1.90. The van der Waals surface area contributed by atoms with Gasteiger partial charge in [-0.25, -0.2) is 18.0 Å². The molecule has 0 spiro atoms. The summed E-state index contributed by atoms with van der Waals surface area (Å²) in [6.45, 7) is 0. The Kier molecular flexibility index (Phi) is 3.93. The number of aromatic carboxylic acids is 1. The van der Waals surface area contributed by atoms with Crippen molar-refractivity contribution < 1.29 is 23.1 Å². The molecule has 1 aliphatic heterocycles. The highest BCUT2D eigenvalue weighted by molar-refractivity contribution is 7.91. The van der Waals surface area contributed by atoms with Crippen LogP contribution in [0.15, 0.2) is 24.3 Å². The summed E-state index contributed by atoms with van der Waals surface area (Å²) in [4.78, 5) is 22.3. The third-order valence-electron chi connectivity index (χ3n) is 2.96. The van der Waals surface area contributed by atoms with Crippen molar-refractivity contribution in [2.24, 2.45) is 0 Å². The molecule has 7 nitrogen and oxygen atoms in total. The maximum Gasteiger partial charge on any atom is 0.335 e. The molecule has 0 saturated carbocycles. The summed E-state index contributed by atoms with van der Waals surface area (Å²) < 4.78 is 22.5. The fraction of sp³-hybridized carbons (Fsp3) is 0.333. The molecule has 0 radical (unpaired) electrons. The molecule has 1 heterocycles. The number of anilines is 1. The third-order valence-corrected chi connectivity index (χ3v) is 4.73. The minimum atomic E-state index is -3.04. The van der Waals surface area contributed by atoms with E-state index in [1.54, 1.807) is 0 Å². The number of benzene rings is 1. The van der Waals surface area contributed by atoms with Gasteiger partial charge in [0.15, 0.2) is 9.84 Å². The van der Waals surface area contributed by atoms with E-state index >= 15 is 0 Å². The van der Waals surface area contributed by atoms with Gasteiger partial charge in [-0.15, -0.1) is 0 Å². The number of amides is 2. The van der Waals surface area contributed by atoms with E-state index in [9.17, 15) is 18.0 Å². The number of nitrogens with one attached hydrogen (secondary N) is 2. The molecule has 1 aliphatic rings. The molecule has 1 aromatic rings. The molecule has 1 aromatic carbocycles. The summed E-state index contributed by atoms with van der Waals surface area (Å²) in [6, 6.07) is 4.80. The first-order valence-electron chi connectivity index (χ1n) is 5.97. The molecule has 1 saturated heterocycles. The lowest BCUT2D eigenvalue weighted by Crippen LogP contribution is -2.38. The van der Waals surface area contributed by atoms with Gasteiger partial charge in [0, 0.05) is 11.7 Å². The summed E-state index contributed by atoms with van der Waals surface area (Å²) in [5.41, 5.74) is 0.561. The average Bonchev–Trinajstić information content (AvgIpc) is 2.69. The number of sulfone groups is 1. The van der Waals surface area contributed by atoms with Gasteiger partial charge in [0.05, 0.1) is 17.1 Å². The Morgan fingerprint density at radius 2 is 1.85 bits per heavy atom. The zero-order valence-corrected chi connectivity index (χ0v) is 11.3. The highest BCUT2D eigenvalue weighted by Gasteiger charge is 2.28. The van der Waals surface area contributed by atoms with Crippen LogP contribution in [0, 0.1) is 0 Å². The quantitative estimate of drug-likeness (QED) is 0.760. The van der Waals surface area contributed by atoms with Gasteiger partial charge < -0.3 is 15.7 Å². The Bertz CT molecular complexity index is 624. The second-order valence-electron chi connectivity index (χ2n) is 4.58. The zero-order valence-electron chi connectivity index (χ0n) is 10.5. The summed E-state index contributed by atoms with van der Waals surface area (Å²) in [6.07, 6.45) is 0.410. The van der Waals surface area contributed by atoms with E-state index in [2.05, 4.69) is 10.6 Å². The number of hydrogen-bond donors (Lipinski definition) is 3. The number of carboxylic acids is 1. The molecule has 0 aliphatic carbocycles. The maximum absolute atomic E-state index is 11.7. The van der Waals surface area contributed by atoms with Crippen molar-refractivity contribution in [3.8, 4) is 0 Å². The van der Waals surface area contributed by atoms with E-state index in [0.29, 0.717) is 12.1 Å². The van der Waals surface area contributed by atoms with Crippen molar-refractivity contribution in [3.63, 3.8) is 0 Å². The normalized spacial score (nSPS) is 20.3. The molecule has 108 valence electrons. The van der Waals surface area contributed by atoms with E-state index < -0.39 is 21.8 Å². The van der Waals surface area contributed by atoms with Crippen molar-refractivity contribution in [3.05, 3.63) is 29.8 Å². The summed E-state index contributed by atoms with van der Waals surface area (Å²) in [5, 5.41) is 13.8. The zero-order chi connectivity index (χ0) is 14.8. The van der Waals surface area contributed by atoms with Crippen LogP contribution in [0.5, 0.6) is 0 Å². The molecule has 2 amide bonds. The Labute approximate surface area is 115 Å². The number of rotatable bonds is 3. The van der Waals surface area contributed by atoms with Crippen molar-refractivity contribution >= 4 is 27.5 Å². The van der Waals surface area contributed by atoms with Gasteiger partial charge in [-0.1, -0.05) is 0 Å². The maximum atomic E-state index is 11.7. The first-order valence-corrected chi connectivity index (χ1v) is 7.79. The van der Waals surface area contributed by atoms with Gasteiger partial charge in [0.1, 0.15) is 0 Å². The van der Waals surface area contributed by atoms with Crippen LogP contribution < -0.4 is 10.6 Å². The lowest BCUT2D eigenvalue weighted by molar-refractivity contribution is 0.0697. The second kappa shape index (κ2) is 5.49. The van der Waals surface area contributed by atoms with Crippen LogP contribution >= 0.6 is 0 Å². The lowest BCUT2D eigenvalue weighted by Gasteiger charge is -2.12. The standard InChI is InChI=1S/C12H14N2O5S/c15-11(16)8-1-3-9(4-2-8)13-12(17)14-10-5-6-20(18,19)7-10/h1-4,10H,5-7H2,(H,15,16)(H2,13,14,17).